The minimum atomic E-state index is 0.685. The highest BCUT2D eigenvalue weighted by molar-refractivity contribution is 5.38. The highest BCUT2D eigenvalue weighted by Gasteiger charge is 2.24. The van der Waals surface area contributed by atoms with Gasteiger partial charge in [0.05, 0.1) is 0 Å². The Morgan fingerprint density at radius 1 is 1.10 bits per heavy atom. The van der Waals surface area contributed by atoms with E-state index in [-0.39, 0.29) is 0 Å². The Hall–Kier alpha value is -1.13. The maximum Gasteiger partial charge on any atom is 0.127 e. The number of nitrogens with two attached hydrogens (primary N) is 1. The van der Waals surface area contributed by atoms with Gasteiger partial charge in [-0.05, 0) is 38.4 Å². The van der Waals surface area contributed by atoms with Gasteiger partial charge < -0.3 is 5.73 Å². The maximum absolute atomic E-state index is 5.96. The van der Waals surface area contributed by atoms with Gasteiger partial charge in [0, 0.05) is 37.4 Å². The molecule has 2 heterocycles. The first kappa shape index (κ1) is 13.8. The molecule has 2 aliphatic rings. The lowest BCUT2D eigenvalue weighted by Gasteiger charge is -2.27. The zero-order valence-corrected chi connectivity index (χ0v) is 12.3. The molecule has 1 aromatic heterocycles. The largest absolute Gasteiger partial charge is 0.383 e. The molecule has 1 aromatic rings. The van der Waals surface area contributed by atoms with Crippen LogP contribution in [-0.2, 0) is 6.54 Å². The van der Waals surface area contributed by atoms with Crippen LogP contribution in [0, 0.1) is 0 Å². The number of rotatable bonds is 3. The zero-order valence-electron chi connectivity index (χ0n) is 12.3. The molecule has 0 unspecified atom stereocenters. The molecule has 3 rings (SSSR count). The lowest BCUT2D eigenvalue weighted by Crippen LogP contribution is -2.36. The SMILES string of the molecule is Nc1ncccc1CN1CCCN(C2CCCC2)CC1. The smallest absolute Gasteiger partial charge is 0.127 e. The third-order valence-electron chi connectivity index (χ3n) is 4.78. The van der Waals surface area contributed by atoms with Gasteiger partial charge >= 0.3 is 0 Å². The molecule has 1 saturated heterocycles. The Kier molecular flexibility index (Phi) is 4.53. The third kappa shape index (κ3) is 3.30. The highest BCUT2D eigenvalue weighted by Crippen LogP contribution is 2.24. The maximum atomic E-state index is 5.96. The van der Waals surface area contributed by atoms with E-state index in [2.05, 4.69) is 20.9 Å². The summed E-state index contributed by atoms with van der Waals surface area (Å²) in [5.74, 6) is 0.685. The van der Waals surface area contributed by atoms with E-state index in [4.69, 9.17) is 5.73 Å². The van der Waals surface area contributed by atoms with Crippen LogP contribution in [0.25, 0.3) is 0 Å². The molecule has 110 valence electrons. The van der Waals surface area contributed by atoms with E-state index in [1.165, 1.54) is 57.3 Å². The number of pyridine rings is 1. The van der Waals surface area contributed by atoms with E-state index in [9.17, 15) is 0 Å². The van der Waals surface area contributed by atoms with Crippen LogP contribution in [0.3, 0.4) is 0 Å². The van der Waals surface area contributed by atoms with Crippen LogP contribution in [-0.4, -0.2) is 47.0 Å². The van der Waals surface area contributed by atoms with Crippen molar-refractivity contribution in [2.75, 3.05) is 31.9 Å². The molecule has 0 aromatic carbocycles. The van der Waals surface area contributed by atoms with Crippen LogP contribution >= 0.6 is 0 Å². The Bertz CT molecular complexity index is 428. The quantitative estimate of drug-likeness (QED) is 0.917. The molecule has 0 atom stereocenters. The van der Waals surface area contributed by atoms with Crippen molar-refractivity contribution in [1.29, 1.82) is 0 Å². The summed E-state index contributed by atoms with van der Waals surface area (Å²) in [5, 5.41) is 0. The van der Waals surface area contributed by atoms with Gasteiger partial charge in [0.1, 0.15) is 5.82 Å². The van der Waals surface area contributed by atoms with Crippen molar-refractivity contribution in [2.45, 2.75) is 44.7 Å². The molecule has 20 heavy (non-hydrogen) atoms. The normalized spacial score (nSPS) is 23.0. The van der Waals surface area contributed by atoms with Gasteiger partial charge in [0.2, 0.25) is 0 Å². The number of aromatic nitrogens is 1. The first-order valence-electron chi connectivity index (χ1n) is 7.99. The lowest BCUT2D eigenvalue weighted by molar-refractivity contribution is 0.198. The summed E-state index contributed by atoms with van der Waals surface area (Å²) in [6.45, 7) is 5.76. The predicted octanol–water partition coefficient (Wildman–Crippen LogP) is 2.11. The molecule has 1 aliphatic carbocycles. The molecule has 0 amide bonds. The summed E-state index contributed by atoms with van der Waals surface area (Å²) in [7, 11) is 0. The van der Waals surface area contributed by atoms with Gasteiger partial charge in [-0.25, -0.2) is 4.98 Å². The highest BCUT2D eigenvalue weighted by atomic mass is 15.2. The predicted molar refractivity (Wildman–Crippen MR) is 82.4 cm³/mol. The topological polar surface area (TPSA) is 45.4 Å². The summed E-state index contributed by atoms with van der Waals surface area (Å²) in [5.41, 5.74) is 7.12. The van der Waals surface area contributed by atoms with Gasteiger partial charge in [0.25, 0.3) is 0 Å². The number of hydrogen-bond donors (Lipinski definition) is 1. The van der Waals surface area contributed by atoms with Crippen molar-refractivity contribution in [2.24, 2.45) is 0 Å². The van der Waals surface area contributed by atoms with Crippen LogP contribution in [0.1, 0.15) is 37.7 Å². The summed E-state index contributed by atoms with van der Waals surface area (Å²) >= 11 is 0. The molecular weight excluding hydrogens is 248 g/mol. The molecule has 1 aliphatic heterocycles. The van der Waals surface area contributed by atoms with Gasteiger partial charge in [-0.2, -0.15) is 0 Å². The average molecular weight is 274 g/mol. The van der Waals surface area contributed by atoms with Gasteiger partial charge in [0.15, 0.2) is 0 Å². The van der Waals surface area contributed by atoms with E-state index in [1.54, 1.807) is 6.20 Å². The Morgan fingerprint density at radius 2 is 1.95 bits per heavy atom. The molecule has 0 radical (unpaired) electrons. The number of nitrogens with zero attached hydrogens (tertiary/aromatic N) is 3. The van der Waals surface area contributed by atoms with Crippen LogP contribution in [0.15, 0.2) is 18.3 Å². The molecule has 0 spiro atoms. The summed E-state index contributed by atoms with van der Waals surface area (Å²) in [6, 6.07) is 4.94. The molecule has 1 saturated carbocycles. The van der Waals surface area contributed by atoms with Crippen molar-refractivity contribution in [3.8, 4) is 0 Å². The number of hydrogen-bond acceptors (Lipinski definition) is 4. The van der Waals surface area contributed by atoms with E-state index in [1.807, 2.05) is 6.07 Å². The molecule has 0 bridgehead atoms. The molecule has 2 fully saturated rings. The number of anilines is 1. The van der Waals surface area contributed by atoms with Crippen LogP contribution < -0.4 is 5.73 Å². The van der Waals surface area contributed by atoms with Crippen molar-refractivity contribution >= 4 is 5.82 Å². The fourth-order valence-corrected chi connectivity index (χ4v) is 3.61. The summed E-state index contributed by atoms with van der Waals surface area (Å²) in [6.07, 6.45) is 8.72. The molecule has 2 N–H and O–H groups in total. The van der Waals surface area contributed by atoms with E-state index >= 15 is 0 Å². The van der Waals surface area contributed by atoms with Crippen LogP contribution in [0.2, 0.25) is 0 Å². The first-order chi connectivity index (χ1) is 9.83. The minimum absolute atomic E-state index is 0.685. The Morgan fingerprint density at radius 3 is 2.75 bits per heavy atom. The van der Waals surface area contributed by atoms with Crippen molar-refractivity contribution in [3.05, 3.63) is 23.9 Å². The number of nitrogen functional groups attached to an aromatic ring is 1. The van der Waals surface area contributed by atoms with Gasteiger partial charge in [-0.15, -0.1) is 0 Å². The fraction of sp³-hybridized carbons (Fsp3) is 0.688. The first-order valence-corrected chi connectivity index (χ1v) is 7.99. The Labute approximate surface area is 122 Å². The van der Waals surface area contributed by atoms with Gasteiger partial charge in [-0.3, -0.25) is 9.80 Å². The molecular formula is C16H26N4. The molecule has 4 heteroatoms. The van der Waals surface area contributed by atoms with E-state index in [0.29, 0.717) is 5.82 Å². The zero-order chi connectivity index (χ0) is 13.8. The third-order valence-corrected chi connectivity index (χ3v) is 4.78. The van der Waals surface area contributed by atoms with Crippen LogP contribution in [0.5, 0.6) is 0 Å². The molecule has 4 nitrogen and oxygen atoms in total. The summed E-state index contributed by atoms with van der Waals surface area (Å²) in [4.78, 5) is 9.44. The van der Waals surface area contributed by atoms with Crippen molar-refractivity contribution in [1.82, 2.24) is 14.8 Å². The monoisotopic (exact) mass is 274 g/mol. The average Bonchev–Trinajstić information content (AvgIpc) is 2.89. The van der Waals surface area contributed by atoms with Crippen LogP contribution in [0.4, 0.5) is 5.82 Å². The van der Waals surface area contributed by atoms with E-state index < -0.39 is 0 Å². The van der Waals surface area contributed by atoms with Crippen molar-refractivity contribution < 1.29 is 0 Å². The Balaban J connectivity index is 1.56. The van der Waals surface area contributed by atoms with Crippen molar-refractivity contribution in [3.63, 3.8) is 0 Å². The minimum Gasteiger partial charge on any atom is -0.383 e. The standard InChI is InChI=1S/C16H26N4/c17-16-14(5-3-8-18-16)13-19-9-4-10-20(12-11-19)15-6-1-2-7-15/h3,5,8,15H,1-2,4,6-7,9-13H2,(H2,17,18). The second-order valence-corrected chi connectivity index (χ2v) is 6.15. The summed E-state index contributed by atoms with van der Waals surface area (Å²) < 4.78 is 0. The fourth-order valence-electron chi connectivity index (χ4n) is 3.61. The van der Waals surface area contributed by atoms with E-state index in [0.717, 1.165) is 19.1 Å². The van der Waals surface area contributed by atoms with Gasteiger partial charge in [-0.1, -0.05) is 18.9 Å². The second-order valence-electron chi connectivity index (χ2n) is 6.15. The lowest BCUT2D eigenvalue weighted by atomic mass is 10.2. The second kappa shape index (κ2) is 6.55.